The highest BCUT2D eigenvalue weighted by atomic mass is 28.4. The SMILES string of the molecule is C[C@@H](CO)[C@H](O)[C@H]1C[C@H]1CO[Si](c1ccccc1)(c1ccccc1)C(C)(C)C. The molecule has 1 aliphatic carbocycles. The Balaban J connectivity index is 1.90. The lowest BCUT2D eigenvalue weighted by Gasteiger charge is -2.43. The van der Waals surface area contributed by atoms with Crippen LogP contribution in [0.15, 0.2) is 60.7 Å². The number of benzene rings is 2. The second kappa shape index (κ2) is 8.50. The quantitative estimate of drug-likeness (QED) is 0.672. The van der Waals surface area contributed by atoms with E-state index >= 15 is 0 Å². The van der Waals surface area contributed by atoms with Crippen LogP contribution in [-0.4, -0.2) is 37.8 Å². The third kappa shape index (κ3) is 4.11. The van der Waals surface area contributed by atoms with Crippen molar-refractivity contribution in [2.75, 3.05) is 13.2 Å². The van der Waals surface area contributed by atoms with Gasteiger partial charge in [-0.05, 0) is 33.7 Å². The lowest BCUT2D eigenvalue weighted by Crippen LogP contribution is -2.66. The van der Waals surface area contributed by atoms with Crippen molar-refractivity contribution in [3.05, 3.63) is 60.7 Å². The Bertz CT molecular complexity index is 702. The number of rotatable bonds is 8. The molecule has 0 saturated heterocycles. The molecule has 2 aromatic carbocycles. The molecule has 3 nitrogen and oxygen atoms in total. The first-order valence-corrected chi connectivity index (χ1v) is 12.3. The van der Waals surface area contributed by atoms with Gasteiger partial charge in [0.15, 0.2) is 0 Å². The summed E-state index contributed by atoms with van der Waals surface area (Å²) in [6.45, 7) is 9.45. The van der Waals surface area contributed by atoms with Gasteiger partial charge in [-0.1, -0.05) is 88.4 Å². The molecule has 0 spiro atoms. The van der Waals surface area contributed by atoms with Gasteiger partial charge in [-0.15, -0.1) is 0 Å². The molecule has 28 heavy (non-hydrogen) atoms. The van der Waals surface area contributed by atoms with Gasteiger partial charge in [-0.2, -0.15) is 0 Å². The van der Waals surface area contributed by atoms with Crippen LogP contribution in [0.1, 0.15) is 34.1 Å². The summed E-state index contributed by atoms with van der Waals surface area (Å²) in [5, 5.41) is 22.3. The van der Waals surface area contributed by atoms with Crippen LogP contribution in [0.5, 0.6) is 0 Å². The van der Waals surface area contributed by atoms with E-state index in [2.05, 4.69) is 81.4 Å². The Morgan fingerprint density at radius 3 is 1.93 bits per heavy atom. The molecule has 2 N–H and O–H groups in total. The highest BCUT2D eigenvalue weighted by Crippen LogP contribution is 2.45. The van der Waals surface area contributed by atoms with E-state index in [9.17, 15) is 10.2 Å². The fourth-order valence-corrected chi connectivity index (χ4v) is 9.02. The van der Waals surface area contributed by atoms with E-state index in [-0.39, 0.29) is 23.5 Å². The van der Waals surface area contributed by atoms with Gasteiger partial charge in [0.25, 0.3) is 8.32 Å². The van der Waals surface area contributed by atoms with Crippen molar-refractivity contribution < 1.29 is 14.6 Å². The summed E-state index contributed by atoms with van der Waals surface area (Å²) in [4.78, 5) is 0. The molecule has 0 bridgehead atoms. The Kier molecular flexibility index (Phi) is 6.45. The van der Waals surface area contributed by atoms with E-state index in [1.165, 1.54) is 10.4 Å². The number of hydrogen-bond acceptors (Lipinski definition) is 3. The summed E-state index contributed by atoms with van der Waals surface area (Å²) in [6.07, 6.45) is 0.529. The summed E-state index contributed by atoms with van der Waals surface area (Å²) in [5.41, 5.74) is 0. The van der Waals surface area contributed by atoms with Crippen molar-refractivity contribution in [1.82, 2.24) is 0 Å². The van der Waals surface area contributed by atoms with E-state index in [0.29, 0.717) is 12.5 Å². The largest absolute Gasteiger partial charge is 0.407 e. The molecule has 0 aromatic heterocycles. The highest BCUT2D eigenvalue weighted by molar-refractivity contribution is 6.99. The topological polar surface area (TPSA) is 49.7 Å². The first-order valence-electron chi connectivity index (χ1n) is 10.3. The molecule has 4 atom stereocenters. The first-order chi connectivity index (χ1) is 13.3. The van der Waals surface area contributed by atoms with Crippen LogP contribution in [0.3, 0.4) is 0 Å². The van der Waals surface area contributed by atoms with Crippen molar-refractivity contribution in [2.24, 2.45) is 17.8 Å². The molecule has 0 radical (unpaired) electrons. The van der Waals surface area contributed by atoms with Crippen LogP contribution >= 0.6 is 0 Å². The Morgan fingerprint density at radius 1 is 1.00 bits per heavy atom. The summed E-state index contributed by atoms with van der Waals surface area (Å²) in [5.74, 6) is 0.522. The van der Waals surface area contributed by atoms with Crippen LogP contribution in [-0.2, 0) is 4.43 Å². The number of aliphatic hydroxyl groups excluding tert-OH is 2. The molecule has 2 aromatic rings. The normalized spacial score (nSPS) is 21.9. The van der Waals surface area contributed by atoms with Crippen LogP contribution in [0.4, 0.5) is 0 Å². The maximum atomic E-state index is 10.4. The predicted octanol–water partition coefficient (Wildman–Crippen LogP) is 3.19. The van der Waals surface area contributed by atoms with Gasteiger partial charge in [-0.25, -0.2) is 0 Å². The zero-order valence-electron chi connectivity index (χ0n) is 17.5. The smallest absolute Gasteiger partial charge is 0.261 e. The van der Waals surface area contributed by atoms with Crippen molar-refractivity contribution >= 4 is 18.7 Å². The Hall–Kier alpha value is -1.46. The first kappa shape index (κ1) is 21.3. The zero-order chi connectivity index (χ0) is 20.4. The minimum absolute atomic E-state index is 0.0277. The van der Waals surface area contributed by atoms with E-state index in [0.717, 1.165) is 6.42 Å². The van der Waals surface area contributed by atoms with Gasteiger partial charge in [-0.3, -0.25) is 0 Å². The molecule has 0 heterocycles. The molecule has 0 amide bonds. The van der Waals surface area contributed by atoms with Gasteiger partial charge in [0.2, 0.25) is 0 Å². The molecule has 152 valence electrons. The zero-order valence-corrected chi connectivity index (χ0v) is 18.5. The molecule has 4 heteroatoms. The molecule has 1 saturated carbocycles. The van der Waals surface area contributed by atoms with Crippen molar-refractivity contribution in [3.63, 3.8) is 0 Å². The lowest BCUT2D eigenvalue weighted by molar-refractivity contribution is 0.0535. The monoisotopic (exact) mass is 398 g/mol. The van der Waals surface area contributed by atoms with Gasteiger partial charge >= 0.3 is 0 Å². The van der Waals surface area contributed by atoms with Crippen molar-refractivity contribution in [1.29, 1.82) is 0 Å². The van der Waals surface area contributed by atoms with Gasteiger partial charge in [0.05, 0.1) is 6.10 Å². The summed E-state index contributed by atoms with van der Waals surface area (Å²) in [7, 11) is -2.50. The molecule has 0 aliphatic heterocycles. The predicted molar refractivity (Wildman–Crippen MR) is 117 cm³/mol. The number of hydrogen-bond donors (Lipinski definition) is 2. The van der Waals surface area contributed by atoms with Crippen molar-refractivity contribution in [2.45, 2.75) is 45.3 Å². The molecule has 1 aliphatic rings. The van der Waals surface area contributed by atoms with Crippen LogP contribution in [0.25, 0.3) is 0 Å². The molecule has 1 fully saturated rings. The minimum atomic E-state index is -2.50. The highest BCUT2D eigenvalue weighted by Gasteiger charge is 2.52. The molecular weight excluding hydrogens is 364 g/mol. The van der Waals surface area contributed by atoms with Gasteiger partial charge < -0.3 is 14.6 Å². The van der Waals surface area contributed by atoms with Crippen LogP contribution in [0, 0.1) is 17.8 Å². The third-order valence-corrected chi connectivity index (χ3v) is 11.2. The van der Waals surface area contributed by atoms with Gasteiger partial charge in [0, 0.05) is 19.1 Å². The fourth-order valence-electron chi connectivity index (χ4n) is 4.40. The van der Waals surface area contributed by atoms with Crippen molar-refractivity contribution in [3.8, 4) is 0 Å². The minimum Gasteiger partial charge on any atom is -0.407 e. The van der Waals surface area contributed by atoms with Crippen LogP contribution in [0.2, 0.25) is 5.04 Å². The maximum absolute atomic E-state index is 10.4. The second-order valence-electron chi connectivity index (χ2n) is 9.28. The standard InChI is InChI=1S/C24H34O3Si/c1-18(16-25)23(26)22-15-19(22)17-27-28(24(2,3)4,20-11-7-5-8-12-20)21-13-9-6-10-14-21/h5-14,18-19,22-23,25-26H,15-17H2,1-4H3/t18-,19-,22-,23-/m0/s1. The third-order valence-electron chi connectivity index (χ3n) is 6.22. The molecule has 0 unspecified atom stereocenters. The fraction of sp³-hybridized carbons (Fsp3) is 0.500. The average Bonchev–Trinajstić information content (AvgIpc) is 3.47. The molecular formula is C24H34O3Si. The Labute approximate surface area is 170 Å². The van der Waals surface area contributed by atoms with Crippen LogP contribution < -0.4 is 10.4 Å². The summed E-state index contributed by atoms with van der Waals surface area (Å²) < 4.78 is 6.95. The number of aliphatic hydroxyl groups is 2. The second-order valence-corrected chi connectivity index (χ2v) is 13.6. The van der Waals surface area contributed by atoms with Gasteiger partial charge in [0.1, 0.15) is 0 Å². The lowest BCUT2D eigenvalue weighted by atomic mass is 10.0. The maximum Gasteiger partial charge on any atom is 0.261 e. The van der Waals surface area contributed by atoms with E-state index in [1.807, 2.05) is 6.92 Å². The Morgan fingerprint density at radius 2 is 1.50 bits per heavy atom. The van der Waals surface area contributed by atoms with E-state index in [1.54, 1.807) is 0 Å². The summed E-state index contributed by atoms with van der Waals surface area (Å²) >= 11 is 0. The van der Waals surface area contributed by atoms with E-state index < -0.39 is 14.4 Å². The molecule has 3 rings (SSSR count). The van der Waals surface area contributed by atoms with E-state index in [4.69, 9.17) is 4.43 Å². The average molecular weight is 399 g/mol. The summed E-state index contributed by atoms with van der Waals surface area (Å²) in [6, 6.07) is 21.3.